The third-order valence-electron chi connectivity index (χ3n) is 1.24. The maximum absolute atomic E-state index is 11.1. The number of rotatable bonds is 3. The minimum atomic E-state index is -0.254. The molecule has 0 aliphatic rings. The van der Waals surface area contributed by atoms with Crippen LogP contribution in [0, 0.1) is 5.53 Å². The molecule has 1 heterocycles. The van der Waals surface area contributed by atoms with Crippen molar-refractivity contribution in [3.63, 3.8) is 0 Å². The van der Waals surface area contributed by atoms with E-state index in [1.54, 1.807) is 6.20 Å². The summed E-state index contributed by atoms with van der Waals surface area (Å²) in [5.74, 6) is 0. The molecule has 1 rings (SSSR count). The van der Waals surface area contributed by atoms with Crippen LogP contribution in [0.4, 0.5) is 4.79 Å². The first-order valence-corrected chi connectivity index (χ1v) is 3.44. The second-order valence-corrected chi connectivity index (χ2v) is 2.08. The lowest BCUT2D eigenvalue weighted by Crippen LogP contribution is -2.29. The Kier molecular flexibility index (Phi) is 2.95. The Morgan fingerprint density at radius 1 is 1.75 bits per heavy atom. The second kappa shape index (κ2) is 4.22. The molecule has 12 heavy (non-hydrogen) atoms. The summed E-state index contributed by atoms with van der Waals surface area (Å²) < 4.78 is 1.32. The van der Waals surface area contributed by atoms with Crippen molar-refractivity contribution < 1.29 is 4.79 Å². The van der Waals surface area contributed by atoms with Crippen molar-refractivity contribution in [2.24, 2.45) is 5.11 Å². The van der Waals surface area contributed by atoms with Crippen LogP contribution < -0.4 is 5.32 Å². The number of carbonyl (C=O) groups excluding carboxylic acids is 1. The van der Waals surface area contributed by atoms with E-state index < -0.39 is 0 Å². The van der Waals surface area contributed by atoms with Gasteiger partial charge in [-0.1, -0.05) is 0 Å². The zero-order valence-electron chi connectivity index (χ0n) is 6.40. The van der Waals surface area contributed by atoms with Gasteiger partial charge in [-0.05, 0) is 0 Å². The van der Waals surface area contributed by atoms with Gasteiger partial charge in [0.2, 0.25) is 0 Å². The number of amides is 1. The first kappa shape index (κ1) is 8.38. The normalized spacial score (nSPS) is 9.33. The maximum Gasteiger partial charge on any atom is 0.326 e. The first-order valence-electron chi connectivity index (χ1n) is 3.44. The zero-order valence-corrected chi connectivity index (χ0v) is 6.40. The van der Waals surface area contributed by atoms with Crippen molar-refractivity contribution in [3.05, 3.63) is 18.7 Å². The molecule has 0 aromatic carbocycles. The standard InChI is InChI=1S/C6H9N5O/c7-10-2-1-9-6(12)11-4-3-8-5-11/h3-5,7H,1-2H2,(H,9,12). The van der Waals surface area contributed by atoms with E-state index in [2.05, 4.69) is 15.4 Å². The van der Waals surface area contributed by atoms with Gasteiger partial charge in [0.25, 0.3) is 0 Å². The molecule has 1 amide bonds. The highest BCUT2D eigenvalue weighted by Gasteiger charge is 1.99. The van der Waals surface area contributed by atoms with Crippen molar-refractivity contribution in [1.29, 1.82) is 5.53 Å². The molecule has 0 atom stereocenters. The monoisotopic (exact) mass is 167 g/mol. The van der Waals surface area contributed by atoms with E-state index in [-0.39, 0.29) is 6.03 Å². The molecule has 0 fully saturated rings. The van der Waals surface area contributed by atoms with Gasteiger partial charge in [0, 0.05) is 18.9 Å². The quantitative estimate of drug-likeness (QED) is 0.506. The summed E-state index contributed by atoms with van der Waals surface area (Å²) in [6.07, 6.45) is 4.48. The molecule has 0 aliphatic heterocycles. The number of aromatic nitrogens is 2. The summed E-state index contributed by atoms with van der Waals surface area (Å²) in [6, 6.07) is -0.254. The Hall–Kier alpha value is -1.72. The fourth-order valence-corrected chi connectivity index (χ4v) is 0.689. The Bertz CT molecular complexity index is 255. The molecule has 64 valence electrons. The Labute approximate surface area is 69.1 Å². The Balaban J connectivity index is 2.34. The first-order chi connectivity index (χ1) is 5.84. The molecule has 0 saturated carbocycles. The second-order valence-electron chi connectivity index (χ2n) is 2.08. The van der Waals surface area contributed by atoms with Crippen LogP contribution in [0.2, 0.25) is 0 Å². The van der Waals surface area contributed by atoms with Crippen molar-refractivity contribution in [2.45, 2.75) is 0 Å². The number of nitrogens with one attached hydrogen (secondary N) is 2. The minimum absolute atomic E-state index is 0.254. The van der Waals surface area contributed by atoms with E-state index >= 15 is 0 Å². The lowest BCUT2D eigenvalue weighted by atomic mass is 10.6. The van der Waals surface area contributed by atoms with Crippen LogP contribution in [0.5, 0.6) is 0 Å². The largest absolute Gasteiger partial charge is 0.335 e. The maximum atomic E-state index is 11.1. The summed E-state index contributed by atoms with van der Waals surface area (Å²) in [5, 5.41) is 5.66. The third kappa shape index (κ3) is 2.15. The number of hydrogen-bond acceptors (Lipinski definition) is 4. The van der Waals surface area contributed by atoms with Crippen LogP contribution in [0.3, 0.4) is 0 Å². The lowest BCUT2D eigenvalue weighted by molar-refractivity contribution is 0.242. The predicted molar refractivity (Wildman–Crippen MR) is 41.0 cm³/mol. The molecule has 6 heteroatoms. The highest BCUT2D eigenvalue weighted by atomic mass is 16.2. The number of imidazole rings is 1. The lowest BCUT2D eigenvalue weighted by Gasteiger charge is -2.01. The minimum Gasteiger partial charge on any atom is -0.335 e. The van der Waals surface area contributed by atoms with Crippen molar-refractivity contribution >= 4 is 6.03 Å². The number of hydrogen-bond donors (Lipinski definition) is 2. The van der Waals surface area contributed by atoms with Gasteiger partial charge in [0.1, 0.15) is 6.33 Å². The van der Waals surface area contributed by atoms with Gasteiger partial charge in [-0.15, -0.1) is 0 Å². The molecule has 2 N–H and O–H groups in total. The molecule has 0 saturated heterocycles. The third-order valence-corrected chi connectivity index (χ3v) is 1.24. The van der Waals surface area contributed by atoms with E-state index in [9.17, 15) is 4.79 Å². The molecule has 0 bridgehead atoms. The summed E-state index contributed by atoms with van der Waals surface area (Å²) in [4.78, 5) is 14.8. The molecule has 0 radical (unpaired) electrons. The molecule has 0 spiro atoms. The van der Waals surface area contributed by atoms with Gasteiger partial charge in [-0.3, -0.25) is 4.57 Å². The van der Waals surface area contributed by atoms with Gasteiger partial charge < -0.3 is 5.32 Å². The Morgan fingerprint density at radius 3 is 3.17 bits per heavy atom. The van der Waals surface area contributed by atoms with Gasteiger partial charge in [0.05, 0.1) is 6.54 Å². The average Bonchev–Trinajstić information content (AvgIpc) is 2.56. The number of nitrogens with zero attached hydrogens (tertiary/aromatic N) is 3. The van der Waals surface area contributed by atoms with Crippen LogP contribution >= 0.6 is 0 Å². The molecular formula is C6H9N5O. The van der Waals surface area contributed by atoms with E-state index in [1.165, 1.54) is 17.1 Å². The van der Waals surface area contributed by atoms with Crippen molar-refractivity contribution in [2.75, 3.05) is 13.1 Å². The molecule has 0 aliphatic carbocycles. The van der Waals surface area contributed by atoms with E-state index in [0.717, 1.165) is 0 Å². The molecule has 1 aromatic heterocycles. The summed E-state index contributed by atoms with van der Waals surface area (Å²) in [5.41, 5.74) is 6.48. The van der Waals surface area contributed by atoms with Crippen LogP contribution in [-0.4, -0.2) is 28.7 Å². The summed E-state index contributed by atoms with van der Waals surface area (Å²) >= 11 is 0. The topological polar surface area (TPSA) is 83.1 Å². The predicted octanol–water partition coefficient (Wildman–Crippen LogP) is 0.472. The van der Waals surface area contributed by atoms with E-state index in [4.69, 9.17) is 5.53 Å². The van der Waals surface area contributed by atoms with Gasteiger partial charge >= 0.3 is 6.03 Å². The van der Waals surface area contributed by atoms with Crippen LogP contribution in [0.1, 0.15) is 0 Å². The molecule has 1 aromatic rings. The average molecular weight is 167 g/mol. The SMILES string of the molecule is N=NCCNC(=O)n1ccnc1. The van der Waals surface area contributed by atoms with Gasteiger partial charge in [0.15, 0.2) is 0 Å². The van der Waals surface area contributed by atoms with Crippen LogP contribution in [0.25, 0.3) is 0 Å². The highest BCUT2D eigenvalue weighted by molar-refractivity contribution is 5.76. The van der Waals surface area contributed by atoms with Crippen molar-refractivity contribution in [1.82, 2.24) is 14.9 Å². The van der Waals surface area contributed by atoms with E-state index in [0.29, 0.717) is 13.1 Å². The number of carbonyl (C=O) groups is 1. The molecule has 0 unspecified atom stereocenters. The van der Waals surface area contributed by atoms with Gasteiger partial charge in [-0.2, -0.15) is 5.11 Å². The smallest absolute Gasteiger partial charge is 0.326 e. The fourth-order valence-electron chi connectivity index (χ4n) is 0.689. The summed E-state index contributed by atoms with van der Waals surface area (Å²) in [6.45, 7) is 0.681. The van der Waals surface area contributed by atoms with Crippen LogP contribution in [0.15, 0.2) is 23.8 Å². The summed E-state index contributed by atoms with van der Waals surface area (Å²) in [7, 11) is 0. The highest BCUT2D eigenvalue weighted by Crippen LogP contribution is 1.83. The fraction of sp³-hybridized carbons (Fsp3) is 0.333. The zero-order chi connectivity index (χ0) is 8.81. The van der Waals surface area contributed by atoms with Gasteiger partial charge in [-0.25, -0.2) is 15.3 Å². The van der Waals surface area contributed by atoms with E-state index in [1.807, 2.05) is 0 Å². The van der Waals surface area contributed by atoms with Crippen molar-refractivity contribution in [3.8, 4) is 0 Å². The van der Waals surface area contributed by atoms with Crippen LogP contribution in [-0.2, 0) is 0 Å². The molecular weight excluding hydrogens is 158 g/mol. The Morgan fingerprint density at radius 2 is 2.58 bits per heavy atom. The molecule has 6 nitrogen and oxygen atoms in total.